The number of aromatic amines is 1. The van der Waals surface area contributed by atoms with Gasteiger partial charge in [0.25, 0.3) is 11.8 Å². The van der Waals surface area contributed by atoms with Crippen LogP contribution in [0.3, 0.4) is 0 Å². The zero-order valence-electron chi connectivity index (χ0n) is 20.8. The van der Waals surface area contributed by atoms with Crippen LogP contribution in [0.4, 0.5) is 5.13 Å². The highest BCUT2D eigenvalue weighted by Crippen LogP contribution is 2.24. The molecule has 39 heavy (non-hydrogen) atoms. The molecule has 1 unspecified atom stereocenters. The van der Waals surface area contributed by atoms with E-state index in [9.17, 15) is 29.4 Å². The number of aromatic nitrogens is 3. The minimum absolute atomic E-state index is 0.0508. The molecule has 0 fully saturated rings. The average Bonchev–Trinajstić information content (AvgIpc) is 3.52. The second kappa shape index (κ2) is 11.6. The molecule has 6 N–H and O–H groups in total. The number of benzene rings is 2. The van der Waals surface area contributed by atoms with E-state index in [1.54, 1.807) is 13.1 Å². The molecule has 0 aliphatic heterocycles. The molecule has 2 aromatic heterocycles. The topological polar surface area (TPSA) is 196 Å². The van der Waals surface area contributed by atoms with E-state index in [4.69, 9.17) is 4.74 Å². The summed E-state index contributed by atoms with van der Waals surface area (Å²) in [4.78, 5) is 54.7. The zero-order valence-corrected chi connectivity index (χ0v) is 21.6. The Hall–Kier alpha value is -4.98. The number of ether oxygens (including phenoxy) is 1. The number of hydrogen-bond donors (Lipinski definition) is 6. The first kappa shape index (κ1) is 27.1. The van der Waals surface area contributed by atoms with Gasteiger partial charge in [-0.15, -0.1) is 0 Å². The van der Waals surface area contributed by atoms with Crippen LogP contribution in [0.25, 0.3) is 10.9 Å². The van der Waals surface area contributed by atoms with Gasteiger partial charge in [-0.05, 0) is 30.7 Å². The molecule has 1 atom stereocenters. The molecule has 0 saturated heterocycles. The number of phenols is 2. The number of hydrogen-bond acceptors (Lipinski definition) is 10. The maximum absolute atomic E-state index is 13.0. The fourth-order valence-corrected chi connectivity index (χ4v) is 4.65. The van der Waals surface area contributed by atoms with Gasteiger partial charge < -0.3 is 30.9 Å². The van der Waals surface area contributed by atoms with Gasteiger partial charge in [0.15, 0.2) is 5.13 Å². The van der Waals surface area contributed by atoms with Crippen LogP contribution >= 0.6 is 11.3 Å². The molecular weight excluding hydrogens is 528 g/mol. The summed E-state index contributed by atoms with van der Waals surface area (Å²) in [5.41, 5.74) is 1.85. The number of amides is 3. The molecule has 0 radical (unpaired) electrons. The summed E-state index contributed by atoms with van der Waals surface area (Å²) in [6.07, 6.45) is 1.71. The Labute approximate surface area is 225 Å². The lowest BCUT2D eigenvalue weighted by Crippen LogP contribution is -2.49. The predicted octanol–water partition coefficient (Wildman–Crippen LogP) is 1.62. The van der Waals surface area contributed by atoms with Gasteiger partial charge >= 0.3 is 5.97 Å². The van der Waals surface area contributed by atoms with E-state index in [0.29, 0.717) is 5.69 Å². The van der Waals surface area contributed by atoms with Crippen molar-refractivity contribution in [3.8, 4) is 11.5 Å². The molecule has 0 aliphatic rings. The lowest BCUT2D eigenvalue weighted by atomic mass is 10.1. The second-order valence-electron chi connectivity index (χ2n) is 8.40. The van der Waals surface area contributed by atoms with E-state index in [1.165, 1.54) is 0 Å². The van der Waals surface area contributed by atoms with E-state index < -0.39 is 23.8 Å². The van der Waals surface area contributed by atoms with E-state index in [1.807, 2.05) is 18.2 Å². The average molecular weight is 553 g/mol. The van der Waals surface area contributed by atoms with Crippen LogP contribution in [-0.4, -0.2) is 68.8 Å². The van der Waals surface area contributed by atoms with Crippen molar-refractivity contribution in [2.45, 2.75) is 19.4 Å². The number of carbonyl (C=O) groups excluding carboxylic acids is 4. The zero-order chi connectivity index (χ0) is 28.1. The largest absolute Gasteiger partial charge is 0.508 e. The third kappa shape index (κ3) is 6.48. The molecule has 2 aromatic carbocycles. The third-order valence-corrected chi connectivity index (χ3v) is 6.67. The van der Waals surface area contributed by atoms with Gasteiger partial charge in [-0.1, -0.05) is 23.5 Å². The van der Waals surface area contributed by atoms with Crippen molar-refractivity contribution in [2.24, 2.45) is 0 Å². The van der Waals surface area contributed by atoms with Gasteiger partial charge in [0.1, 0.15) is 22.4 Å². The Kier molecular flexibility index (Phi) is 8.05. The summed E-state index contributed by atoms with van der Waals surface area (Å²) in [6.45, 7) is 1.24. The van der Waals surface area contributed by atoms with Crippen molar-refractivity contribution in [1.82, 2.24) is 25.8 Å². The number of aromatic hydroxyl groups is 2. The molecule has 0 spiro atoms. The van der Waals surface area contributed by atoms with Gasteiger partial charge in [0.2, 0.25) is 5.91 Å². The van der Waals surface area contributed by atoms with Crippen LogP contribution in [0.5, 0.6) is 11.5 Å². The number of nitrogens with zero attached hydrogens (tertiary/aromatic N) is 2. The van der Waals surface area contributed by atoms with Gasteiger partial charge in [-0.25, -0.2) is 9.78 Å². The number of aryl methyl sites for hydroxylation is 1. The fourth-order valence-electron chi connectivity index (χ4n) is 3.76. The van der Waals surface area contributed by atoms with Crippen molar-refractivity contribution in [3.05, 3.63) is 64.3 Å². The number of H-pyrrole nitrogens is 1. The van der Waals surface area contributed by atoms with Crippen molar-refractivity contribution >= 4 is 51.1 Å². The van der Waals surface area contributed by atoms with Gasteiger partial charge in [-0.2, -0.15) is 5.10 Å². The molecule has 2 heterocycles. The Balaban J connectivity index is 1.40. The number of esters is 1. The van der Waals surface area contributed by atoms with E-state index >= 15 is 0 Å². The number of thiazole rings is 1. The maximum atomic E-state index is 13.0. The molecule has 0 aliphatic carbocycles. The summed E-state index contributed by atoms with van der Waals surface area (Å²) < 4.78 is 4.73. The predicted molar refractivity (Wildman–Crippen MR) is 141 cm³/mol. The summed E-state index contributed by atoms with van der Waals surface area (Å²) in [5, 5.41) is 34.7. The lowest BCUT2D eigenvalue weighted by Gasteiger charge is -2.17. The summed E-state index contributed by atoms with van der Waals surface area (Å²) in [5.74, 6) is -3.15. The number of anilines is 1. The van der Waals surface area contributed by atoms with Crippen LogP contribution in [0.1, 0.15) is 31.3 Å². The number of nitrogens with one attached hydrogen (secondary N) is 4. The summed E-state index contributed by atoms with van der Waals surface area (Å²) in [7, 11) is 1.13. The fraction of sp³-hybridized carbons (Fsp3) is 0.200. The van der Waals surface area contributed by atoms with Crippen LogP contribution in [-0.2, 0) is 20.7 Å². The first-order chi connectivity index (χ1) is 18.6. The quantitative estimate of drug-likeness (QED) is 0.167. The van der Waals surface area contributed by atoms with Gasteiger partial charge in [0, 0.05) is 23.6 Å². The molecule has 4 aromatic rings. The molecule has 13 nitrogen and oxygen atoms in total. The van der Waals surface area contributed by atoms with Gasteiger partial charge in [0.05, 0.1) is 30.9 Å². The normalized spacial score (nSPS) is 11.5. The van der Waals surface area contributed by atoms with E-state index in [-0.39, 0.29) is 45.9 Å². The standard InChI is InChI=1S/C25H24N6O7S/c1-12-21(39-25(28-12)30-20(34)8-13-4-3-5-18-17(13)10-27-31-18)23(36)29-19(24(37)38-2)11-26-22(35)14-6-15(32)9-16(33)7-14/h3-7,9-10,19,32-33H,8,11H2,1-2H3,(H,26,35)(H,27,31)(H,29,36)(H,28,30,34). The highest BCUT2D eigenvalue weighted by molar-refractivity contribution is 7.17. The molecule has 0 bridgehead atoms. The third-order valence-electron chi connectivity index (χ3n) is 5.60. The molecular formula is C25H24N6O7S. The van der Waals surface area contributed by atoms with Crippen molar-refractivity contribution in [2.75, 3.05) is 19.0 Å². The van der Waals surface area contributed by atoms with Crippen molar-refractivity contribution < 1.29 is 34.1 Å². The monoisotopic (exact) mass is 552 g/mol. The van der Waals surface area contributed by atoms with Crippen LogP contribution in [0.2, 0.25) is 0 Å². The molecule has 4 rings (SSSR count). The highest BCUT2D eigenvalue weighted by atomic mass is 32.1. The van der Waals surface area contributed by atoms with Crippen LogP contribution in [0.15, 0.2) is 42.6 Å². The Morgan fingerprint density at radius 3 is 2.56 bits per heavy atom. The first-order valence-corrected chi connectivity index (χ1v) is 12.3. The van der Waals surface area contributed by atoms with Crippen LogP contribution < -0.4 is 16.0 Å². The summed E-state index contributed by atoms with van der Waals surface area (Å²) >= 11 is 0.929. The van der Waals surface area contributed by atoms with Crippen LogP contribution in [0, 0.1) is 6.92 Å². The minimum Gasteiger partial charge on any atom is -0.508 e. The molecule has 0 saturated carbocycles. The molecule has 3 amide bonds. The number of methoxy groups -OCH3 is 1. The Morgan fingerprint density at radius 1 is 1.10 bits per heavy atom. The molecule has 14 heteroatoms. The lowest BCUT2D eigenvalue weighted by molar-refractivity contribution is -0.142. The maximum Gasteiger partial charge on any atom is 0.330 e. The number of phenolic OH excluding ortho intramolecular Hbond substituents is 2. The van der Waals surface area contributed by atoms with Crippen molar-refractivity contribution in [1.29, 1.82) is 0 Å². The second-order valence-corrected chi connectivity index (χ2v) is 9.40. The Morgan fingerprint density at radius 2 is 1.85 bits per heavy atom. The number of carbonyl (C=O) groups is 4. The van der Waals surface area contributed by atoms with E-state index in [0.717, 1.165) is 53.1 Å². The Bertz CT molecular complexity index is 1540. The minimum atomic E-state index is -1.26. The smallest absolute Gasteiger partial charge is 0.330 e. The van der Waals surface area contributed by atoms with Crippen molar-refractivity contribution in [3.63, 3.8) is 0 Å². The number of fused-ring (bicyclic) bond motifs is 1. The first-order valence-electron chi connectivity index (χ1n) is 11.5. The van der Waals surface area contributed by atoms with Gasteiger partial charge in [-0.3, -0.25) is 19.5 Å². The SMILES string of the molecule is COC(=O)C(CNC(=O)c1cc(O)cc(O)c1)NC(=O)c1sc(NC(=O)Cc2cccc3[nH]ncc23)nc1C. The summed E-state index contributed by atoms with van der Waals surface area (Å²) in [6, 6.07) is 7.54. The highest BCUT2D eigenvalue weighted by Gasteiger charge is 2.26. The molecule has 202 valence electrons. The van der Waals surface area contributed by atoms with E-state index in [2.05, 4.69) is 31.1 Å². The number of rotatable bonds is 9.